The number of piperidine rings is 1. The lowest BCUT2D eigenvalue weighted by Crippen LogP contribution is -2.52. The first-order chi connectivity index (χ1) is 29.6. The molecule has 0 aliphatic carbocycles. The second-order valence-corrected chi connectivity index (χ2v) is 16.3. The molecule has 0 bridgehead atoms. The number of likely N-dealkylation sites (tertiary alicyclic amines) is 1. The monoisotopic (exact) mass is 820 g/mol. The Kier molecular flexibility index (Phi) is 9.37. The fourth-order valence-corrected chi connectivity index (χ4v) is 8.83. The number of ether oxygens (including phenoxy) is 2. The number of H-pyrrole nitrogens is 1. The van der Waals surface area contributed by atoms with E-state index in [1.54, 1.807) is 23.3 Å². The van der Waals surface area contributed by atoms with E-state index in [0.717, 1.165) is 44.1 Å². The van der Waals surface area contributed by atoms with Crippen LogP contribution in [0, 0.1) is 5.92 Å². The number of amides is 2. The quantitative estimate of drug-likeness (QED) is 0.163. The smallest absolute Gasteiger partial charge is 0.415 e. The summed E-state index contributed by atoms with van der Waals surface area (Å²) in [6.45, 7) is 7.71. The van der Waals surface area contributed by atoms with Crippen molar-refractivity contribution < 1.29 is 29.3 Å². The van der Waals surface area contributed by atoms with Crippen molar-refractivity contribution in [1.82, 2.24) is 33.9 Å². The van der Waals surface area contributed by atoms with Gasteiger partial charge in [-0.15, -0.1) is 0 Å². The molecule has 0 atom stereocenters. The number of nitrogens with zero attached hydrogens (tertiary/aromatic N) is 7. The molecule has 2 amide bonds. The van der Waals surface area contributed by atoms with Crippen molar-refractivity contribution in [3.8, 4) is 34.3 Å². The van der Waals surface area contributed by atoms with Crippen LogP contribution in [-0.2, 0) is 16.1 Å². The van der Waals surface area contributed by atoms with Gasteiger partial charge < -0.3 is 38.8 Å². The summed E-state index contributed by atoms with van der Waals surface area (Å²) in [6.07, 6.45) is 8.53. The predicted molar refractivity (Wildman–Crippen MR) is 230 cm³/mol. The largest absolute Gasteiger partial charge is 0.508 e. The highest BCUT2D eigenvalue weighted by molar-refractivity contribution is 6.01. The maximum absolute atomic E-state index is 13.6. The van der Waals surface area contributed by atoms with Crippen LogP contribution >= 0.6 is 0 Å². The molecule has 10 rings (SSSR count). The number of hydrogen-bond donors (Lipinski definition) is 3. The SMILES string of the molecule is CC(C)c1cc(-c2n[nH]c(=O)n2-c2ccc(N3CCN(C(=O)C4CCN(C(=O)Oc5ccc6nc7c(cc6c5)cn5cc6c(cc75)C=COC6)CC4)CC3)cc2)c(O)cc1O. The van der Waals surface area contributed by atoms with Crippen LogP contribution in [0.25, 0.3) is 50.5 Å². The molecule has 2 fully saturated rings. The summed E-state index contributed by atoms with van der Waals surface area (Å²) in [5.41, 5.74) is 6.98. The number of aromatic hydroxyl groups is 2. The number of nitrogens with one attached hydrogen (secondary N) is 1. The van der Waals surface area contributed by atoms with E-state index in [1.165, 1.54) is 10.6 Å². The highest BCUT2D eigenvalue weighted by atomic mass is 16.6. The van der Waals surface area contributed by atoms with Gasteiger partial charge in [0.1, 0.15) is 23.9 Å². The third kappa shape index (κ3) is 6.94. The van der Waals surface area contributed by atoms with E-state index in [-0.39, 0.29) is 35.1 Å². The predicted octanol–water partition coefficient (Wildman–Crippen LogP) is 6.78. The Labute approximate surface area is 349 Å². The zero-order valence-electron chi connectivity index (χ0n) is 33.7. The van der Waals surface area contributed by atoms with Gasteiger partial charge in [-0.3, -0.25) is 4.79 Å². The number of anilines is 1. The second kappa shape index (κ2) is 15.1. The maximum Gasteiger partial charge on any atom is 0.415 e. The molecule has 15 nitrogen and oxygen atoms in total. The Morgan fingerprint density at radius 3 is 2.39 bits per heavy atom. The Balaban J connectivity index is 0.736. The van der Waals surface area contributed by atoms with Crippen molar-refractivity contribution >= 4 is 51.1 Å². The van der Waals surface area contributed by atoms with Gasteiger partial charge in [0, 0.05) is 85.7 Å². The molecule has 7 aromatic rings. The molecule has 0 spiro atoms. The molecule has 0 unspecified atom stereocenters. The number of phenolic OH excluding ortho intramolecular Hbond substituents is 2. The van der Waals surface area contributed by atoms with Gasteiger partial charge in [0.25, 0.3) is 0 Å². The molecule has 3 N–H and O–H groups in total. The average molecular weight is 821 g/mol. The highest BCUT2D eigenvalue weighted by Crippen LogP contribution is 2.38. The molecule has 0 saturated carbocycles. The van der Waals surface area contributed by atoms with Gasteiger partial charge in [0.2, 0.25) is 5.91 Å². The number of fused-ring (bicyclic) bond motifs is 5. The number of piperazine rings is 1. The molecule has 7 heterocycles. The average Bonchev–Trinajstić information content (AvgIpc) is 3.83. The number of rotatable bonds is 6. The van der Waals surface area contributed by atoms with Gasteiger partial charge in [-0.25, -0.2) is 24.2 Å². The van der Waals surface area contributed by atoms with Gasteiger partial charge in [0.15, 0.2) is 5.82 Å². The van der Waals surface area contributed by atoms with Gasteiger partial charge in [-0.2, -0.15) is 5.10 Å². The summed E-state index contributed by atoms with van der Waals surface area (Å²) in [4.78, 5) is 50.6. The number of pyridine rings is 2. The minimum absolute atomic E-state index is 0.0139. The van der Waals surface area contributed by atoms with E-state index in [9.17, 15) is 24.6 Å². The minimum Gasteiger partial charge on any atom is -0.508 e. The number of carbonyl (C=O) groups is 2. The van der Waals surface area contributed by atoms with Crippen LogP contribution in [0.4, 0.5) is 10.5 Å². The summed E-state index contributed by atoms with van der Waals surface area (Å²) < 4.78 is 14.8. The van der Waals surface area contributed by atoms with E-state index in [1.807, 2.05) is 61.2 Å². The van der Waals surface area contributed by atoms with E-state index >= 15 is 0 Å². The molecule has 0 radical (unpaired) electrons. The van der Waals surface area contributed by atoms with Crippen LogP contribution in [0.1, 0.15) is 49.3 Å². The molecule has 4 aromatic heterocycles. The zero-order chi connectivity index (χ0) is 41.9. The Morgan fingerprint density at radius 2 is 1.62 bits per heavy atom. The van der Waals surface area contributed by atoms with Crippen LogP contribution in [0.2, 0.25) is 0 Å². The third-order valence-electron chi connectivity index (χ3n) is 12.2. The summed E-state index contributed by atoms with van der Waals surface area (Å²) in [5.74, 6) is 0.409. The third-order valence-corrected chi connectivity index (χ3v) is 12.2. The summed E-state index contributed by atoms with van der Waals surface area (Å²) in [6, 6.07) is 20.1. The number of aromatic nitrogens is 5. The van der Waals surface area contributed by atoms with Crippen molar-refractivity contribution in [2.24, 2.45) is 5.92 Å². The molecule has 2 saturated heterocycles. The molecular formula is C46H44N8O7. The van der Waals surface area contributed by atoms with Crippen LogP contribution in [0.3, 0.4) is 0 Å². The summed E-state index contributed by atoms with van der Waals surface area (Å²) in [5, 5.41) is 29.5. The normalized spacial score (nSPS) is 15.8. The first-order valence-corrected chi connectivity index (χ1v) is 20.6. The van der Waals surface area contributed by atoms with Crippen molar-refractivity contribution in [3.05, 3.63) is 113 Å². The first-order valence-electron chi connectivity index (χ1n) is 20.6. The molecule has 3 aliphatic rings. The van der Waals surface area contributed by atoms with Crippen molar-refractivity contribution in [3.63, 3.8) is 0 Å². The maximum atomic E-state index is 13.6. The Morgan fingerprint density at radius 1 is 0.852 bits per heavy atom. The Hall–Kier alpha value is -7.29. The molecule has 3 aliphatic heterocycles. The second-order valence-electron chi connectivity index (χ2n) is 16.3. The van der Waals surface area contributed by atoms with E-state index in [0.29, 0.717) is 81.3 Å². The summed E-state index contributed by atoms with van der Waals surface area (Å²) in [7, 11) is 0. The standard InChI is InChI=1S/C46H44N8O7/c1-27(2)36-22-37(41(56)23-40(36)55)43-48-49-45(58)54(43)34-5-3-33(4-6-34)50-14-16-51(17-15-50)44(57)28-9-12-52(13-10-28)46(59)61-35-7-8-38-30(20-35)19-31-24-53-25-32-26-60-18-11-29(32)21-39(53)42(31)47-38/h3-8,11,18-25,27-28,55-56H,9-10,12-17,26H2,1-2H3,(H,49,58). The van der Waals surface area contributed by atoms with Crippen molar-refractivity contribution in [2.75, 3.05) is 44.2 Å². The molecule has 3 aromatic carbocycles. The van der Waals surface area contributed by atoms with Crippen LogP contribution < -0.4 is 15.3 Å². The van der Waals surface area contributed by atoms with E-state index < -0.39 is 11.8 Å². The fraction of sp³-hybridized carbons (Fsp3) is 0.283. The lowest BCUT2D eigenvalue weighted by atomic mass is 9.95. The van der Waals surface area contributed by atoms with E-state index in [4.69, 9.17) is 14.5 Å². The number of aromatic amines is 1. The van der Waals surface area contributed by atoms with E-state index in [2.05, 4.69) is 44.0 Å². The van der Waals surface area contributed by atoms with Crippen LogP contribution in [0.15, 0.2) is 90.2 Å². The first kappa shape index (κ1) is 37.9. The number of benzene rings is 3. The van der Waals surface area contributed by atoms with Gasteiger partial charge in [0.05, 0.1) is 34.1 Å². The fourth-order valence-electron chi connectivity index (χ4n) is 8.83. The number of phenols is 2. The molecular weight excluding hydrogens is 777 g/mol. The van der Waals surface area contributed by atoms with Gasteiger partial charge >= 0.3 is 11.8 Å². The van der Waals surface area contributed by atoms with Gasteiger partial charge in [-0.05, 0) is 96.6 Å². The van der Waals surface area contributed by atoms with Crippen molar-refractivity contribution in [1.29, 1.82) is 0 Å². The lowest BCUT2D eigenvalue weighted by Gasteiger charge is -2.39. The molecule has 310 valence electrons. The zero-order valence-corrected chi connectivity index (χ0v) is 33.7. The lowest BCUT2D eigenvalue weighted by molar-refractivity contribution is -0.137. The minimum atomic E-state index is -0.459. The highest BCUT2D eigenvalue weighted by Gasteiger charge is 2.33. The van der Waals surface area contributed by atoms with Crippen molar-refractivity contribution in [2.45, 2.75) is 39.2 Å². The molecule has 61 heavy (non-hydrogen) atoms. The topological polar surface area (TPSA) is 171 Å². The number of carbonyl (C=O) groups excluding carboxylic acids is 2. The van der Waals surface area contributed by atoms with Gasteiger partial charge in [-0.1, -0.05) is 13.8 Å². The number of hydrogen-bond acceptors (Lipinski definition) is 10. The Bertz CT molecular complexity index is 2950. The summed E-state index contributed by atoms with van der Waals surface area (Å²) >= 11 is 0. The van der Waals surface area contributed by atoms with Crippen LogP contribution in [-0.4, -0.2) is 95.4 Å². The molecule has 15 heteroatoms. The van der Waals surface area contributed by atoms with Crippen LogP contribution in [0.5, 0.6) is 17.2 Å².